The fraction of sp³-hybridized carbons (Fsp3) is 0.172. The van der Waals surface area contributed by atoms with Crippen LogP contribution in [0.4, 0.5) is 24.5 Å². The number of anilines is 2. The molecule has 0 atom stereocenters. The third-order valence-electron chi connectivity index (χ3n) is 6.66. The lowest BCUT2D eigenvalue weighted by atomic mass is 9.84. The summed E-state index contributed by atoms with van der Waals surface area (Å²) in [5.74, 6) is -1.51. The summed E-state index contributed by atoms with van der Waals surface area (Å²) in [6, 6.07) is 18.7. The van der Waals surface area contributed by atoms with Crippen LogP contribution in [0.2, 0.25) is 0 Å². The number of nitrogen functional groups attached to an aromatic ring is 2. The van der Waals surface area contributed by atoms with E-state index in [4.69, 9.17) is 17.2 Å². The van der Waals surface area contributed by atoms with Crippen molar-refractivity contribution < 1.29 is 13.2 Å². The topological polar surface area (TPSA) is 78.1 Å². The van der Waals surface area contributed by atoms with Crippen LogP contribution in [-0.4, -0.2) is 0 Å². The lowest BCUT2D eigenvalue weighted by molar-refractivity contribution is 0.410. The van der Waals surface area contributed by atoms with Crippen LogP contribution in [0, 0.1) is 17.5 Å². The molecule has 0 bridgehead atoms. The van der Waals surface area contributed by atoms with Gasteiger partial charge in [-0.15, -0.1) is 0 Å². The Kier molecular flexibility index (Phi) is 6.59. The maximum absolute atomic E-state index is 15.4. The highest BCUT2D eigenvalue weighted by Crippen LogP contribution is 2.37. The first kappa shape index (κ1) is 24.4. The highest BCUT2D eigenvalue weighted by molar-refractivity contribution is 5.82. The molecule has 0 aliphatic heterocycles. The molecular formula is C29H28F3N3. The maximum atomic E-state index is 15.4. The second kappa shape index (κ2) is 9.47. The van der Waals surface area contributed by atoms with Crippen LogP contribution >= 0.6 is 0 Å². The SMILES string of the molecule is CCC(N)(CC)c1ccc(-c2cc(-c3ccc(N)cc3F)cc(-c3ccc(N)cc3F)c2)c(F)c1. The van der Waals surface area contributed by atoms with Gasteiger partial charge < -0.3 is 17.2 Å². The summed E-state index contributed by atoms with van der Waals surface area (Å²) in [7, 11) is 0. The molecule has 0 heterocycles. The van der Waals surface area contributed by atoms with E-state index in [2.05, 4.69) is 0 Å². The largest absolute Gasteiger partial charge is 0.399 e. The highest BCUT2D eigenvalue weighted by atomic mass is 19.1. The Labute approximate surface area is 203 Å². The lowest BCUT2D eigenvalue weighted by Gasteiger charge is -2.27. The second-order valence-electron chi connectivity index (χ2n) is 8.84. The molecular weight excluding hydrogens is 447 g/mol. The van der Waals surface area contributed by atoms with Crippen molar-refractivity contribution in [2.75, 3.05) is 11.5 Å². The van der Waals surface area contributed by atoms with E-state index in [0.29, 0.717) is 40.7 Å². The van der Waals surface area contributed by atoms with Crippen LogP contribution in [-0.2, 0) is 5.54 Å². The van der Waals surface area contributed by atoms with Crippen molar-refractivity contribution in [2.24, 2.45) is 5.73 Å². The molecule has 0 aromatic heterocycles. The quantitative estimate of drug-likeness (QED) is 0.257. The number of halogens is 3. The summed E-state index contributed by atoms with van der Waals surface area (Å²) >= 11 is 0. The first-order valence-corrected chi connectivity index (χ1v) is 11.5. The summed E-state index contributed by atoms with van der Waals surface area (Å²) in [4.78, 5) is 0. The minimum absolute atomic E-state index is 0.271. The van der Waals surface area contributed by atoms with Gasteiger partial charge in [0.25, 0.3) is 0 Å². The number of hydrogen-bond acceptors (Lipinski definition) is 3. The summed E-state index contributed by atoms with van der Waals surface area (Å²) in [5.41, 5.74) is 20.8. The average molecular weight is 476 g/mol. The van der Waals surface area contributed by atoms with Gasteiger partial charge in [-0.05, 0) is 95.8 Å². The molecule has 4 rings (SSSR count). The minimum Gasteiger partial charge on any atom is -0.399 e. The third kappa shape index (κ3) is 4.75. The predicted molar refractivity (Wildman–Crippen MR) is 138 cm³/mol. The molecule has 4 aromatic carbocycles. The third-order valence-corrected chi connectivity index (χ3v) is 6.66. The number of hydrogen-bond donors (Lipinski definition) is 3. The molecule has 4 aromatic rings. The standard InChI is InChI=1S/C29H28F3N3/c1-3-29(35,4-2)20-5-8-23(26(30)14-20)17-11-18(24-9-6-21(33)15-27(24)31)13-19(12-17)25-10-7-22(34)16-28(25)32/h5-16H,3-4,33-35H2,1-2H3. The highest BCUT2D eigenvalue weighted by Gasteiger charge is 2.24. The molecule has 0 fully saturated rings. The van der Waals surface area contributed by atoms with Crippen molar-refractivity contribution in [3.8, 4) is 33.4 Å². The summed E-state index contributed by atoms with van der Waals surface area (Å²) in [6.45, 7) is 3.93. The number of nitrogens with two attached hydrogens (primary N) is 3. The van der Waals surface area contributed by atoms with Crippen molar-refractivity contribution in [3.63, 3.8) is 0 Å². The van der Waals surface area contributed by atoms with Crippen molar-refractivity contribution in [1.29, 1.82) is 0 Å². The van der Waals surface area contributed by atoms with E-state index in [0.717, 1.165) is 0 Å². The van der Waals surface area contributed by atoms with Gasteiger partial charge in [0.05, 0.1) is 0 Å². The van der Waals surface area contributed by atoms with Crippen LogP contribution in [0.15, 0.2) is 72.8 Å². The Hall–Kier alpha value is -3.77. The van der Waals surface area contributed by atoms with Gasteiger partial charge in [-0.1, -0.05) is 26.0 Å². The summed E-state index contributed by atoms with van der Waals surface area (Å²) in [6.07, 6.45) is 1.32. The van der Waals surface area contributed by atoms with Crippen molar-refractivity contribution in [1.82, 2.24) is 0 Å². The minimum atomic E-state index is -0.632. The van der Waals surface area contributed by atoms with Crippen LogP contribution in [0.25, 0.3) is 33.4 Å². The average Bonchev–Trinajstić information content (AvgIpc) is 2.83. The molecule has 35 heavy (non-hydrogen) atoms. The van der Waals surface area contributed by atoms with Crippen molar-refractivity contribution >= 4 is 11.4 Å². The van der Waals surface area contributed by atoms with Crippen LogP contribution < -0.4 is 17.2 Å². The van der Waals surface area contributed by atoms with E-state index in [1.54, 1.807) is 48.5 Å². The molecule has 0 aliphatic rings. The lowest BCUT2D eigenvalue weighted by Crippen LogP contribution is -2.35. The van der Waals surface area contributed by atoms with Crippen LogP contribution in [0.5, 0.6) is 0 Å². The predicted octanol–water partition coefficient (Wildman–Crippen LogP) is 7.24. The Morgan fingerprint density at radius 1 is 0.571 bits per heavy atom. The maximum Gasteiger partial charge on any atom is 0.133 e. The second-order valence-corrected chi connectivity index (χ2v) is 8.84. The van der Waals surface area contributed by atoms with Gasteiger partial charge in [-0.3, -0.25) is 0 Å². The molecule has 180 valence electrons. The van der Waals surface area contributed by atoms with Crippen LogP contribution in [0.1, 0.15) is 32.3 Å². The van der Waals surface area contributed by atoms with E-state index in [1.165, 1.54) is 18.2 Å². The van der Waals surface area contributed by atoms with Gasteiger partial charge >= 0.3 is 0 Å². The molecule has 0 spiro atoms. The van der Waals surface area contributed by atoms with E-state index in [-0.39, 0.29) is 22.5 Å². The Morgan fingerprint density at radius 2 is 0.943 bits per heavy atom. The molecule has 3 nitrogen and oxygen atoms in total. The zero-order valence-corrected chi connectivity index (χ0v) is 19.7. The molecule has 0 amide bonds. The Balaban J connectivity index is 1.93. The fourth-order valence-corrected chi connectivity index (χ4v) is 4.34. The molecule has 0 aliphatic carbocycles. The van der Waals surface area contributed by atoms with Crippen LogP contribution in [0.3, 0.4) is 0 Å². The van der Waals surface area contributed by atoms with Gasteiger partial charge in [-0.25, -0.2) is 13.2 Å². The Morgan fingerprint density at radius 3 is 1.29 bits per heavy atom. The van der Waals surface area contributed by atoms with E-state index < -0.39 is 23.0 Å². The van der Waals surface area contributed by atoms with E-state index in [9.17, 15) is 8.78 Å². The molecule has 6 heteroatoms. The zero-order chi connectivity index (χ0) is 25.3. The summed E-state index contributed by atoms with van der Waals surface area (Å²) in [5, 5.41) is 0. The van der Waals surface area contributed by atoms with Crippen molar-refractivity contribution in [2.45, 2.75) is 32.2 Å². The number of benzene rings is 4. The summed E-state index contributed by atoms with van der Waals surface area (Å²) < 4.78 is 45.1. The van der Waals surface area contributed by atoms with E-state index in [1.807, 2.05) is 19.9 Å². The van der Waals surface area contributed by atoms with Gasteiger partial charge in [-0.2, -0.15) is 0 Å². The van der Waals surface area contributed by atoms with Gasteiger partial charge in [0.2, 0.25) is 0 Å². The molecule has 6 N–H and O–H groups in total. The smallest absolute Gasteiger partial charge is 0.133 e. The first-order valence-electron chi connectivity index (χ1n) is 11.5. The normalized spacial score (nSPS) is 11.6. The van der Waals surface area contributed by atoms with Gasteiger partial charge in [0.1, 0.15) is 17.5 Å². The molecule has 0 saturated carbocycles. The zero-order valence-electron chi connectivity index (χ0n) is 19.7. The molecule has 0 unspecified atom stereocenters. The molecule has 0 saturated heterocycles. The number of rotatable bonds is 6. The van der Waals surface area contributed by atoms with Gasteiger partial charge in [0, 0.05) is 33.6 Å². The first-order chi connectivity index (χ1) is 16.6. The monoisotopic (exact) mass is 475 g/mol. The Bertz CT molecular complexity index is 1320. The fourth-order valence-electron chi connectivity index (χ4n) is 4.34. The molecule has 0 radical (unpaired) electrons. The van der Waals surface area contributed by atoms with Crippen molar-refractivity contribution in [3.05, 3.63) is 95.8 Å². The van der Waals surface area contributed by atoms with Gasteiger partial charge in [0.15, 0.2) is 0 Å². The van der Waals surface area contributed by atoms with E-state index >= 15 is 4.39 Å².